The van der Waals surface area contributed by atoms with Crippen molar-refractivity contribution >= 4 is 18.0 Å². The lowest BCUT2D eigenvalue weighted by Crippen LogP contribution is -2.47. The van der Waals surface area contributed by atoms with Gasteiger partial charge < -0.3 is 20.1 Å². The number of carboxylic acid groups (broad SMARTS) is 1. The first-order valence-electron chi connectivity index (χ1n) is 10.1. The smallest absolute Gasteiger partial charge is 0.407 e. The topological polar surface area (TPSA) is 95.9 Å². The minimum absolute atomic E-state index is 0.0605. The lowest BCUT2D eigenvalue weighted by atomic mass is 9.98. The molecule has 2 amide bonds. The van der Waals surface area contributed by atoms with E-state index in [1.54, 1.807) is 0 Å². The van der Waals surface area contributed by atoms with Gasteiger partial charge in [-0.2, -0.15) is 0 Å². The highest BCUT2D eigenvalue weighted by atomic mass is 16.5. The quantitative estimate of drug-likeness (QED) is 0.793. The molecule has 2 aliphatic rings. The number of benzene rings is 2. The maximum Gasteiger partial charge on any atom is 0.407 e. The van der Waals surface area contributed by atoms with E-state index in [-0.39, 0.29) is 25.0 Å². The standard InChI is InChI=1S/C23H24N2O5/c1-14-10-11-25(21(14)22(27)28)20(26)12-24-23(29)30-13-19-17-8-4-2-6-15(17)16-7-3-5-9-18(16)19/h2-9,14,19,21H,10-13H2,1H3,(H,24,29)(H,27,28). The minimum Gasteiger partial charge on any atom is -0.480 e. The summed E-state index contributed by atoms with van der Waals surface area (Å²) < 4.78 is 5.41. The summed E-state index contributed by atoms with van der Waals surface area (Å²) in [7, 11) is 0. The summed E-state index contributed by atoms with van der Waals surface area (Å²) in [6, 6.07) is 15.2. The molecule has 1 aliphatic heterocycles. The number of carbonyl (C=O) groups is 3. The van der Waals surface area contributed by atoms with Crippen LogP contribution in [0.4, 0.5) is 4.79 Å². The maximum absolute atomic E-state index is 12.4. The van der Waals surface area contributed by atoms with Gasteiger partial charge in [0.1, 0.15) is 19.2 Å². The van der Waals surface area contributed by atoms with Gasteiger partial charge in [0.15, 0.2) is 0 Å². The van der Waals surface area contributed by atoms with Crippen LogP contribution in [0.25, 0.3) is 11.1 Å². The molecule has 0 spiro atoms. The van der Waals surface area contributed by atoms with E-state index < -0.39 is 24.0 Å². The number of likely N-dealkylation sites (tertiary alicyclic amines) is 1. The number of ether oxygens (including phenoxy) is 1. The van der Waals surface area contributed by atoms with Gasteiger partial charge in [-0.05, 0) is 34.6 Å². The number of hydrogen-bond donors (Lipinski definition) is 2. The molecule has 1 saturated heterocycles. The number of amides is 2. The summed E-state index contributed by atoms with van der Waals surface area (Å²) in [5.74, 6) is -1.61. The third-order valence-corrected chi connectivity index (χ3v) is 6.00. The Labute approximate surface area is 174 Å². The molecule has 1 heterocycles. The third kappa shape index (κ3) is 3.63. The van der Waals surface area contributed by atoms with Gasteiger partial charge in [-0.3, -0.25) is 4.79 Å². The van der Waals surface area contributed by atoms with E-state index >= 15 is 0 Å². The molecule has 7 heteroatoms. The van der Waals surface area contributed by atoms with Gasteiger partial charge >= 0.3 is 12.1 Å². The molecule has 0 saturated carbocycles. The molecule has 2 aromatic rings. The Kier molecular flexibility index (Phi) is 5.44. The van der Waals surface area contributed by atoms with Gasteiger partial charge in [0, 0.05) is 12.5 Å². The monoisotopic (exact) mass is 408 g/mol. The molecule has 0 radical (unpaired) electrons. The van der Waals surface area contributed by atoms with Crippen molar-refractivity contribution in [2.75, 3.05) is 19.7 Å². The SMILES string of the molecule is CC1CCN(C(=O)CNC(=O)OCC2c3ccccc3-c3ccccc32)C1C(=O)O. The van der Waals surface area contributed by atoms with Crippen LogP contribution in [0, 0.1) is 5.92 Å². The molecule has 2 atom stereocenters. The molecule has 156 valence electrons. The van der Waals surface area contributed by atoms with Crippen LogP contribution in [0.2, 0.25) is 0 Å². The first-order valence-corrected chi connectivity index (χ1v) is 10.1. The van der Waals surface area contributed by atoms with Crippen LogP contribution in [0.5, 0.6) is 0 Å². The molecule has 0 bridgehead atoms. The van der Waals surface area contributed by atoms with E-state index in [9.17, 15) is 19.5 Å². The molecule has 1 fully saturated rings. The summed E-state index contributed by atoms with van der Waals surface area (Å²) in [6.07, 6.45) is -0.0578. The average molecular weight is 408 g/mol. The Morgan fingerprint density at radius 2 is 1.67 bits per heavy atom. The molecule has 7 nitrogen and oxygen atoms in total. The summed E-state index contributed by atoms with van der Waals surface area (Å²) in [6.45, 7) is 2.06. The van der Waals surface area contributed by atoms with E-state index in [2.05, 4.69) is 17.4 Å². The number of nitrogens with zero attached hydrogens (tertiary/aromatic N) is 1. The molecule has 30 heavy (non-hydrogen) atoms. The van der Waals surface area contributed by atoms with Gasteiger partial charge in [-0.15, -0.1) is 0 Å². The van der Waals surface area contributed by atoms with Crippen molar-refractivity contribution in [3.8, 4) is 11.1 Å². The highest BCUT2D eigenvalue weighted by molar-refractivity contribution is 5.87. The maximum atomic E-state index is 12.4. The first kappa shape index (κ1) is 19.9. The fourth-order valence-corrected chi connectivity index (χ4v) is 4.50. The van der Waals surface area contributed by atoms with Gasteiger partial charge in [-0.25, -0.2) is 9.59 Å². The van der Waals surface area contributed by atoms with Crippen molar-refractivity contribution in [1.29, 1.82) is 0 Å². The molecule has 2 unspecified atom stereocenters. The van der Waals surface area contributed by atoms with Gasteiger partial charge in [0.05, 0.1) is 0 Å². The molecule has 4 rings (SSSR count). The highest BCUT2D eigenvalue weighted by Gasteiger charge is 2.39. The van der Waals surface area contributed by atoms with Crippen molar-refractivity contribution < 1.29 is 24.2 Å². The average Bonchev–Trinajstić information content (AvgIpc) is 3.29. The van der Waals surface area contributed by atoms with E-state index in [1.807, 2.05) is 43.3 Å². The van der Waals surface area contributed by atoms with Crippen LogP contribution >= 0.6 is 0 Å². The summed E-state index contributed by atoms with van der Waals surface area (Å²) in [4.78, 5) is 37.3. The van der Waals surface area contributed by atoms with Gasteiger partial charge in [-0.1, -0.05) is 55.5 Å². The van der Waals surface area contributed by atoms with Crippen LogP contribution in [-0.4, -0.2) is 53.7 Å². The third-order valence-electron chi connectivity index (χ3n) is 6.00. The Bertz CT molecular complexity index is 944. The normalized spacial score (nSPS) is 19.8. The van der Waals surface area contributed by atoms with Crippen LogP contribution < -0.4 is 5.32 Å². The second kappa shape index (κ2) is 8.18. The van der Waals surface area contributed by atoms with Crippen molar-refractivity contribution in [2.24, 2.45) is 5.92 Å². The van der Waals surface area contributed by atoms with E-state index in [0.717, 1.165) is 22.3 Å². The van der Waals surface area contributed by atoms with Crippen LogP contribution in [0.1, 0.15) is 30.4 Å². The number of carboxylic acids is 1. The number of nitrogens with one attached hydrogen (secondary N) is 1. The largest absolute Gasteiger partial charge is 0.480 e. The van der Waals surface area contributed by atoms with Crippen molar-refractivity contribution in [2.45, 2.75) is 25.3 Å². The number of rotatable bonds is 5. The lowest BCUT2D eigenvalue weighted by molar-refractivity contribution is -0.149. The number of aliphatic carboxylic acids is 1. The Morgan fingerprint density at radius 3 is 2.27 bits per heavy atom. The van der Waals surface area contributed by atoms with Crippen molar-refractivity contribution in [3.05, 3.63) is 59.7 Å². The van der Waals surface area contributed by atoms with Crippen LogP contribution in [0.15, 0.2) is 48.5 Å². The zero-order valence-electron chi connectivity index (χ0n) is 16.7. The molecule has 2 aromatic carbocycles. The molecule has 1 aliphatic carbocycles. The predicted octanol–water partition coefficient (Wildman–Crippen LogP) is 2.85. The van der Waals surface area contributed by atoms with Crippen molar-refractivity contribution in [3.63, 3.8) is 0 Å². The second-order valence-corrected chi connectivity index (χ2v) is 7.82. The number of fused-ring (bicyclic) bond motifs is 3. The highest BCUT2D eigenvalue weighted by Crippen LogP contribution is 2.44. The Balaban J connectivity index is 1.35. The van der Waals surface area contributed by atoms with Gasteiger partial charge in [0.2, 0.25) is 5.91 Å². The summed E-state index contributed by atoms with van der Waals surface area (Å²) in [5, 5.41) is 11.8. The molecular formula is C23H24N2O5. The fourth-order valence-electron chi connectivity index (χ4n) is 4.50. The Morgan fingerprint density at radius 1 is 1.07 bits per heavy atom. The minimum atomic E-state index is -1.02. The zero-order chi connectivity index (χ0) is 21.3. The van der Waals surface area contributed by atoms with E-state index in [4.69, 9.17) is 4.74 Å². The molecular weight excluding hydrogens is 384 g/mol. The van der Waals surface area contributed by atoms with E-state index in [0.29, 0.717) is 13.0 Å². The first-order chi connectivity index (χ1) is 14.5. The second-order valence-electron chi connectivity index (χ2n) is 7.82. The molecule has 2 N–H and O–H groups in total. The fraction of sp³-hybridized carbons (Fsp3) is 0.348. The molecule has 0 aromatic heterocycles. The van der Waals surface area contributed by atoms with Crippen LogP contribution in [-0.2, 0) is 14.3 Å². The number of carbonyl (C=O) groups excluding carboxylic acids is 2. The summed E-state index contributed by atoms with van der Waals surface area (Å²) in [5.41, 5.74) is 4.50. The Hall–Kier alpha value is -3.35. The van der Waals surface area contributed by atoms with E-state index in [1.165, 1.54) is 4.90 Å². The summed E-state index contributed by atoms with van der Waals surface area (Å²) >= 11 is 0. The van der Waals surface area contributed by atoms with Gasteiger partial charge in [0.25, 0.3) is 0 Å². The van der Waals surface area contributed by atoms with Crippen LogP contribution in [0.3, 0.4) is 0 Å². The zero-order valence-corrected chi connectivity index (χ0v) is 16.7. The lowest BCUT2D eigenvalue weighted by Gasteiger charge is -2.23. The predicted molar refractivity (Wildman–Crippen MR) is 110 cm³/mol. The number of alkyl carbamates (subject to hydrolysis) is 1. The van der Waals surface area contributed by atoms with Crippen molar-refractivity contribution in [1.82, 2.24) is 10.2 Å². The number of hydrogen-bond acceptors (Lipinski definition) is 4.